The topological polar surface area (TPSA) is 79.1 Å². The molecular formula is C26H29N4O3+. The molecule has 170 valence electrons. The molecule has 0 saturated carbocycles. The Morgan fingerprint density at radius 3 is 2.36 bits per heavy atom. The monoisotopic (exact) mass is 445 g/mol. The van der Waals surface area contributed by atoms with Gasteiger partial charge in [0, 0.05) is 23.9 Å². The number of amides is 2. The number of rotatable bonds is 7. The highest BCUT2D eigenvalue weighted by atomic mass is 16.2. The van der Waals surface area contributed by atoms with Gasteiger partial charge < -0.3 is 0 Å². The van der Waals surface area contributed by atoms with Crippen LogP contribution in [0.2, 0.25) is 0 Å². The van der Waals surface area contributed by atoms with Crippen molar-refractivity contribution in [1.29, 1.82) is 0 Å². The van der Waals surface area contributed by atoms with Gasteiger partial charge in [0.15, 0.2) is 12.4 Å². The van der Waals surface area contributed by atoms with Crippen molar-refractivity contribution in [2.24, 2.45) is 5.92 Å². The number of pyridine rings is 1. The molecule has 0 unspecified atom stereocenters. The van der Waals surface area contributed by atoms with Crippen LogP contribution in [0.3, 0.4) is 0 Å². The van der Waals surface area contributed by atoms with Crippen LogP contribution in [-0.2, 0) is 16.0 Å². The second kappa shape index (κ2) is 9.02. The van der Waals surface area contributed by atoms with E-state index >= 15 is 0 Å². The lowest BCUT2D eigenvalue weighted by atomic mass is 10.0. The Morgan fingerprint density at radius 1 is 1.00 bits per heavy atom. The van der Waals surface area contributed by atoms with Gasteiger partial charge in [0.05, 0.1) is 11.3 Å². The summed E-state index contributed by atoms with van der Waals surface area (Å²) in [4.78, 5) is 42.1. The Morgan fingerprint density at radius 2 is 1.73 bits per heavy atom. The number of imide groups is 1. The van der Waals surface area contributed by atoms with E-state index in [9.17, 15) is 14.4 Å². The van der Waals surface area contributed by atoms with E-state index in [1.54, 1.807) is 17.0 Å². The average Bonchev–Trinajstić information content (AvgIpc) is 3.22. The fourth-order valence-electron chi connectivity index (χ4n) is 4.22. The molecule has 0 bridgehead atoms. The highest BCUT2D eigenvalue weighted by Crippen LogP contribution is 2.31. The fourth-order valence-corrected chi connectivity index (χ4v) is 4.22. The summed E-state index contributed by atoms with van der Waals surface area (Å²) in [7, 11) is 0. The molecule has 7 heteroatoms. The zero-order valence-corrected chi connectivity index (χ0v) is 19.5. The van der Waals surface area contributed by atoms with Crippen LogP contribution in [0.15, 0.2) is 59.7 Å². The maximum Gasteiger partial charge on any atom is 0.326 e. The highest BCUT2D eigenvalue weighted by molar-refractivity contribution is 6.44. The van der Waals surface area contributed by atoms with Gasteiger partial charge in [0.25, 0.3) is 17.2 Å². The maximum absolute atomic E-state index is 13.7. The molecule has 3 aromatic rings. The molecule has 0 radical (unpaired) electrons. The number of para-hydroxylation sites is 1. The van der Waals surface area contributed by atoms with Crippen molar-refractivity contribution in [3.8, 4) is 5.69 Å². The van der Waals surface area contributed by atoms with Crippen molar-refractivity contribution in [2.75, 3.05) is 6.54 Å². The van der Waals surface area contributed by atoms with Crippen molar-refractivity contribution in [3.63, 3.8) is 0 Å². The molecule has 0 spiro atoms. The molecule has 1 N–H and O–H groups in total. The van der Waals surface area contributed by atoms with Crippen LogP contribution in [0.4, 0.5) is 0 Å². The number of benzene rings is 1. The molecule has 4 rings (SSSR count). The predicted molar refractivity (Wildman–Crippen MR) is 126 cm³/mol. The molecule has 0 atom stereocenters. The van der Waals surface area contributed by atoms with E-state index in [0.29, 0.717) is 17.8 Å². The van der Waals surface area contributed by atoms with E-state index in [4.69, 9.17) is 0 Å². The Bertz CT molecular complexity index is 1300. The minimum absolute atomic E-state index is 0.100. The number of carbonyl (C=O) groups excluding carboxylic acids is 2. The van der Waals surface area contributed by atoms with E-state index < -0.39 is 5.91 Å². The maximum atomic E-state index is 13.7. The number of hydrogen-bond donors (Lipinski definition) is 1. The Labute approximate surface area is 193 Å². The Balaban J connectivity index is 2.01. The highest BCUT2D eigenvalue weighted by Gasteiger charge is 2.47. The third kappa shape index (κ3) is 4.06. The summed E-state index contributed by atoms with van der Waals surface area (Å²) in [6, 6.07) is 13.0. The molecular weight excluding hydrogens is 416 g/mol. The zero-order chi connectivity index (χ0) is 23.7. The SMILES string of the molecule is CCCc1[nH]n(-c2ccccc2)c(=O)c1C1=C([n+]2cccc(C)c2)C(=O)N(CC(C)C)C1=O. The van der Waals surface area contributed by atoms with Crippen LogP contribution in [0, 0.1) is 12.8 Å². The summed E-state index contributed by atoms with van der Waals surface area (Å²) in [5.74, 6) is -0.705. The van der Waals surface area contributed by atoms with Crippen molar-refractivity contribution in [3.05, 3.63) is 82.0 Å². The van der Waals surface area contributed by atoms with Gasteiger partial charge in [-0.1, -0.05) is 45.4 Å². The number of aromatic nitrogens is 3. The molecule has 7 nitrogen and oxygen atoms in total. The normalized spacial score (nSPS) is 14.2. The summed E-state index contributed by atoms with van der Waals surface area (Å²) < 4.78 is 3.12. The lowest BCUT2D eigenvalue weighted by Gasteiger charge is -2.16. The number of nitrogens with one attached hydrogen (secondary N) is 1. The summed E-state index contributed by atoms with van der Waals surface area (Å²) in [5, 5.41) is 3.20. The standard InChI is InChI=1S/C26H28N4O3/c1-5-10-20-21(25(32)30(27-20)19-12-7-6-8-13-19)22-23(28-14-9-11-18(4)16-28)26(33)29(24(22)31)15-17(2)3/h6-9,11-14,16-17H,5,10,15H2,1-4H3/p+1. The van der Waals surface area contributed by atoms with Crippen LogP contribution in [0.1, 0.15) is 44.0 Å². The molecule has 1 aromatic carbocycles. The molecule has 2 aromatic heterocycles. The van der Waals surface area contributed by atoms with Crippen molar-refractivity contribution in [1.82, 2.24) is 14.7 Å². The minimum Gasteiger partial charge on any atom is -0.294 e. The Hall–Kier alpha value is -3.74. The third-order valence-electron chi connectivity index (χ3n) is 5.63. The van der Waals surface area contributed by atoms with E-state index in [0.717, 1.165) is 12.0 Å². The Kier molecular flexibility index (Phi) is 6.14. The zero-order valence-electron chi connectivity index (χ0n) is 19.5. The van der Waals surface area contributed by atoms with Gasteiger partial charge in [0.1, 0.15) is 5.57 Å². The molecule has 1 aliphatic rings. The van der Waals surface area contributed by atoms with Gasteiger partial charge in [-0.15, -0.1) is 0 Å². The van der Waals surface area contributed by atoms with E-state index in [-0.39, 0.29) is 40.8 Å². The summed E-state index contributed by atoms with van der Waals surface area (Å²) in [6.07, 6.45) is 4.90. The number of nitrogens with zero attached hydrogens (tertiary/aromatic N) is 3. The average molecular weight is 446 g/mol. The predicted octanol–water partition coefficient (Wildman–Crippen LogP) is 3.11. The number of aromatic amines is 1. The quantitative estimate of drug-likeness (QED) is 0.448. The van der Waals surface area contributed by atoms with Crippen molar-refractivity contribution < 1.29 is 14.2 Å². The largest absolute Gasteiger partial charge is 0.326 e. The van der Waals surface area contributed by atoms with E-state index in [2.05, 4.69) is 5.10 Å². The second-order valence-corrected chi connectivity index (χ2v) is 8.82. The van der Waals surface area contributed by atoms with Crippen LogP contribution >= 0.6 is 0 Å². The van der Waals surface area contributed by atoms with Crippen LogP contribution in [-0.4, -0.2) is 33.0 Å². The van der Waals surface area contributed by atoms with E-state index in [1.165, 1.54) is 9.58 Å². The lowest BCUT2D eigenvalue weighted by Crippen LogP contribution is -2.41. The first-order valence-corrected chi connectivity index (χ1v) is 11.3. The third-order valence-corrected chi connectivity index (χ3v) is 5.63. The minimum atomic E-state index is -0.425. The summed E-state index contributed by atoms with van der Waals surface area (Å²) in [5.41, 5.74) is 2.59. The van der Waals surface area contributed by atoms with E-state index in [1.807, 2.05) is 70.2 Å². The number of aryl methyl sites for hydroxylation is 2. The van der Waals surface area contributed by atoms with Gasteiger partial charge in [-0.3, -0.25) is 24.4 Å². The molecule has 0 saturated heterocycles. The number of carbonyl (C=O) groups is 2. The van der Waals surface area contributed by atoms with Crippen LogP contribution in [0.5, 0.6) is 0 Å². The number of hydrogen-bond acceptors (Lipinski definition) is 3. The second-order valence-electron chi connectivity index (χ2n) is 8.82. The molecule has 0 aliphatic carbocycles. The lowest BCUT2D eigenvalue weighted by molar-refractivity contribution is -0.577. The number of H-pyrrole nitrogens is 1. The van der Waals surface area contributed by atoms with Gasteiger partial charge in [-0.05, 0) is 37.5 Å². The van der Waals surface area contributed by atoms with Crippen LogP contribution in [0.25, 0.3) is 17.0 Å². The molecule has 33 heavy (non-hydrogen) atoms. The summed E-state index contributed by atoms with van der Waals surface area (Å²) in [6.45, 7) is 8.14. The first-order chi connectivity index (χ1) is 15.8. The molecule has 2 amide bonds. The van der Waals surface area contributed by atoms with Gasteiger partial charge in [-0.2, -0.15) is 4.57 Å². The fraction of sp³-hybridized carbons (Fsp3) is 0.308. The van der Waals surface area contributed by atoms with Gasteiger partial charge in [-0.25, -0.2) is 4.68 Å². The summed E-state index contributed by atoms with van der Waals surface area (Å²) >= 11 is 0. The van der Waals surface area contributed by atoms with Gasteiger partial charge >= 0.3 is 5.91 Å². The molecule has 3 heterocycles. The van der Waals surface area contributed by atoms with Gasteiger partial charge in [0.2, 0.25) is 0 Å². The van der Waals surface area contributed by atoms with Crippen molar-refractivity contribution in [2.45, 2.75) is 40.5 Å². The molecule has 1 aliphatic heterocycles. The first kappa shape index (κ1) is 22.5. The first-order valence-electron chi connectivity index (χ1n) is 11.3. The van der Waals surface area contributed by atoms with Crippen molar-refractivity contribution >= 4 is 23.1 Å². The van der Waals surface area contributed by atoms with Crippen LogP contribution < -0.4 is 10.1 Å². The molecule has 0 fully saturated rings. The smallest absolute Gasteiger partial charge is 0.294 e.